The predicted molar refractivity (Wildman–Crippen MR) is 90.9 cm³/mol. The molecule has 0 unspecified atom stereocenters. The molecule has 128 valence electrons. The summed E-state index contributed by atoms with van der Waals surface area (Å²) in [6.45, 7) is 4.57. The highest BCUT2D eigenvalue weighted by Gasteiger charge is 2.28. The lowest BCUT2D eigenvalue weighted by molar-refractivity contribution is -0.124. The fourth-order valence-electron chi connectivity index (χ4n) is 2.67. The van der Waals surface area contributed by atoms with E-state index in [9.17, 15) is 4.79 Å². The Bertz CT molecular complexity index is 662. The molecule has 3 heterocycles. The molecule has 1 fully saturated rings. The molecule has 2 atom stereocenters. The van der Waals surface area contributed by atoms with Gasteiger partial charge in [0.25, 0.3) is 0 Å². The lowest BCUT2D eigenvalue weighted by Gasteiger charge is -2.36. The van der Waals surface area contributed by atoms with Crippen molar-refractivity contribution in [3.63, 3.8) is 0 Å². The number of halogens is 1. The van der Waals surface area contributed by atoms with Crippen LogP contribution in [0.3, 0.4) is 0 Å². The van der Waals surface area contributed by atoms with Crippen molar-refractivity contribution in [3.8, 4) is 0 Å². The molecule has 1 aliphatic heterocycles. The van der Waals surface area contributed by atoms with Gasteiger partial charge in [-0.3, -0.25) is 14.4 Å². The standard InChI is InChI=1S/C16H20ClN5O2/c1-12(16(23)20-15-4-3-13(17)9-18-15)21-7-8-24-14(10-21)11-22-6-2-5-19-22/h2-6,9,12,14H,7-8,10-11H2,1H3,(H,18,20,23)/t12-,14+/m1/s1. The molecule has 0 bridgehead atoms. The maximum Gasteiger partial charge on any atom is 0.242 e. The zero-order valence-corrected chi connectivity index (χ0v) is 14.2. The third-order valence-electron chi connectivity index (χ3n) is 4.03. The van der Waals surface area contributed by atoms with Crippen molar-refractivity contribution in [2.75, 3.05) is 25.0 Å². The van der Waals surface area contributed by atoms with E-state index < -0.39 is 0 Å². The van der Waals surface area contributed by atoms with E-state index in [-0.39, 0.29) is 18.1 Å². The highest BCUT2D eigenvalue weighted by molar-refractivity contribution is 6.30. The second-order valence-corrected chi connectivity index (χ2v) is 6.18. The number of ether oxygens (including phenoxy) is 1. The highest BCUT2D eigenvalue weighted by Crippen LogP contribution is 2.14. The summed E-state index contributed by atoms with van der Waals surface area (Å²) in [7, 11) is 0. The van der Waals surface area contributed by atoms with Gasteiger partial charge in [0, 0.05) is 31.7 Å². The minimum atomic E-state index is -0.272. The molecule has 2 aromatic heterocycles. The minimum absolute atomic E-state index is 0.0163. The Morgan fingerprint density at radius 1 is 1.54 bits per heavy atom. The molecule has 3 rings (SSSR count). The molecule has 24 heavy (non-hydrogen) atoms. The largest absolute Gasteiger partial charge is 0.374 e. The minimum Gasteiger partial charge on any atom is -0.374 e. The van der Waals surface area contributed by atoms with Gasteiger partial charge in [0.05, 0.1) is 30.3 Å². The predicted octanol–water partition coefficient (Wildman–Crippen LogP) is 1.66. The molecular weight excluding hydrogens is 330 g/mol. The van der Waals surface area contributed by atoms with Crippen LogP contribution in [0.4, 0.5) is 5.82 Å². The number of hydrogen-bond acceptors (Lipinski definition) is 5. The van der Waals surface area contributed by atoms with Gasteiger partial charge in [-0.15, -0.1) is 0 Å². The van der Waals surface area contributed by atoms with Crippen molar-refractivity contribution >= 4 is 23.3 Å². The van der Waals surface area contributed by atoms with Gasteiger partial charge < -0.3 is 10.1 Å². The first-order valence-corrected chi connectivity index (χ1v) is 8.25. The Morgan fingerprint density at radius 3 is 3.12 bits per heavy atom. The van der Waals surface area contributed by atoms with Crippen LogP contribution in [0.25, 0.3) is 0 Å². The van der Waals surface area contributed by atoms with Crippen molar-refractivity contribution in [1.82, 2.24) is 19.7 Å². The van der Waals surface area contributed by atoms with Gasteiger partial charge in [-0.2, -0.15) is 5.10 Å². The molecule has 1 amide bonds. The summed E-state index contributed by atoms with van der Waals surface area (Å²) in [4.78, 5) is 18.6. The lowest BCUT2D eigenvalue weighted by Crippen LogP contribution is -2.51. The molecule has 2 aromatic rings. The number of carbonyl (C=O) groups is 1. The summed E-state index contributed by atoms with van der Waals surface area (Å²) >= 11 is 5.80. The quantitative estimate of drug-likeness (QED) is 0.888. The zero-order chi connectivity index (χ0) is 16.9. The molecule has 1 aliphatic rings. The van der Waals surface area contributed by atoms with Crippen LogP contribution in [0, 0.1) is 0 Å². The number of morpholine rings is 1. The number of pyridine rings is 1. The van der Waals surface area contributed by atoms with Crippen LogP contribution in [0.15, 0.2) is 36.8 Å². The van der Waals surface area contributed by atoms with E-state index in [1.807, 2.05) is 23.9 Å². The molecule has 1 N–H and O–H groups in total. The third-order valence-corrected chi connectivity index (χ3v) is 4.25. The molecular formula is C16H20ClN5O2. The summed E-state index contributed by atoms with van der Waals surface area (Å²) in [5, 5.41) is 7.55. The van der Waals surface area contributed by atoms with E-state index in [1.165, 1.54) is 6.20 Å². The molecule has 0 saturated carbocycles. The number of rotatable bonds is 5. The van der Waals surface area contributed by atoms with Crippen LogP contribution < -0.4 is 5.32 Å². The first kappa shape index (κ1) is 16.9. The number of amides is 1. The second-order valence-electron chi connectivity index (χ2n) is 5.74. The first-order chi connectivity index (χ1) is 11.6. The number of carbonyl (C=O) groups excluding carboxylic acids is 1. The van der Waals surface area contributed by atoms with E-state index in [2.05, 4.69) is 20.3 Å². The Morgan fingerprint density at radius 2 is 2.42 bits per heavy atom. The van der Waals surface area contributed by atoms with Crippen LogP contribution >= 0.6 is 11.6 Å². The second kappa shape index (κ2) is 7.74. The van der Waals surface area contributed by atoms with E-state index >= 15 is 0 Å². The van der Waals surface area contributed by atoms with Crippen LogP contribution in [-0.2, 0) is 16.1 Å². The summed E-state index contributed by atoms with van der Waals surface area (Å²) in [5.41, 5.74) is 0. The van der Waals surface area contributed by atoms with Gasteiger partial charge in [0.15, 0.2) is 0 Å². The van der Waals surface area contributed by atoms with Gasteiger partial charge in [-0.1, -0.05) is 11.6 Å². The summed E-state index contributed by atoms with van der Waals surface area (Å²) in [6.07, 6.45) is 5.18. The number of nitrogens with one attached hydrogen (secondary N) is 1. The van der Waals surface area contributed by atoms with Gasteiger partial charge in [0.2, 0.25) is 5.91 Å². The van der Waals surface area contributed by atoms with Crippen LogP contribution in [0.5, 0.6) is 0 Å². The van der Waals surface area contributed by atoms with Crippen LogP contribution in [-0.4, -0.2) is 57.4 Å². The van der Waals surface area contributed by atoms with Crippen molar-refractivity contribution in [1.29, 1.82) is 0 Å². The van der Waals surface area contributed by atoms with E-state index in [1.54, 1.807) is 18.3 Å². The molecule has 7 nitrogen and oxygen atoms in total. The average Bonchev–Trinajstić information content (AvgIpc) is 3.09. The van der Waals surface area contributed by atoms with Gasteiger partial charge in [-0.25, -0.2) is 4.98 Å². The average molecular weight is 350 g/mol. The Balaban J connectivity index is 1.56. The smallest absolute Gasteiger partial charge is 0.242 e. The van der Waals surface area contributed by atoms with E-state index in [0.29, 0.717) is 30.5 Å². The molecule has 8 heteroatoms. The number of anilines is 1. The molecule has 0 aliphatic carbocycles. The van der Waals surface area contributed by atoms with E-state index in [0.717, 1.165) is 6.54 Å². The molecule has 0 radical (unpaired) electrons. The Hall–Kier alpha value is -1.96. The summed E-state index contributed by atoms with van der Waals surface area (Å²) in [5.74, 6) is 0.405. The van der Waals surface area contributed by atoms with Crippen LogP contribution in [0.2, 0.25) is 5.02 Å². The van der Waals surface area contributed by atoms with Gasteiger partial charge >= 0.3 is 0 Å². The Labute approximate surface area is 145 Å². The maximum atomic E-state index is 12.4. The topological polar surface area (TPSA) is 72.3 Å². The maximum absolute atomic E-state index is 12.4. The number of aromatic nitrogens is 3. The lowest BCUT2D eigenvalue weighted by atomic mass is 10.2. The Kier molecular flexibility index (Phi) is 5.44. The SMILES string of the molecule is C[C@H](C(=O)Nc1ccc(Cl)cn1)N1CCO[C@H](Cn2cccn2)C1. The fourth-order valence-corrected chi connectivity index (χ4v) is 2.78. The number of nitrogens with zero attached hydrogens (tertiary/aromatic N) is 4. The summed E-state index contributed by atoms with van der Waals surface area (Å²) in [6, 6.07) is 5.00. The highest BCUT2D eigenvalue weighted by atomic mass is 35.5. The van der Waals surface area contributed by atoms with Gasteiger partial charge in [-0.05, 0) is 25.1 Å². The molecule has 1 saturated heterocycles. The molecule has 0 spiro atoms. The zero-order valence-electron chi connectivity index (χ0n) is 13.4. The van der Waals surface area contributed by atoms with Crippen molar-refractivity contribution in [2.45, 2.75) is 25.6 Å². The van der Waals surface area contributed by atoms with Crippen molar-refractivity contribution < 1.29 is 9.53 Å². The normalized spacial score (nSPS) is 19.8. The third kappa shape index (κ3) is 4.31. The van der Waals surface area contributed by atoms with E-state index in [4.69, 9.17) is 16.3 Å². The number of hydrogen-bond donors (Lipinski definition) is 1. The van der Waals surface area contributed by atoms with Gasteiger partial charge in [0.1, 0.15) is 5.82 Å². The van der Waals surface area contributed by atoms with Crippen molar-refractivity contribution in [2.24, 2.45) is 0 Å². The molecule has 0 aromatic carbocycles. The monoisotopic (exact) mass is 349 g/mol. The fraction of sp³-hybridized carbons (Fsp3) is 0.438. The van der Waals surface area contributed by atoms with Crippen molar-refractivity contribution in [3.05, 3.63) is 41.8 Å². The first-order valence-electron chi connectivity index (χ1n) is 7.87. The van der Waals surface area contributed by atoms with Crippen LogP contribution in [0.1, 0.15) is 6.92 Å². The summed E-state index contributed by atoms with van der Waals surface area (Å²) < 4.78 is 7.63.